The third-order valence-electron chi connectivity index (χ3n) is 4.02. The first-order chi connectivity index (χ1) is 11.8. The van der Waals surface area contributed by atoms with Gasteiger partial charge in [-0.25, -0.2) is 4.98 Å². The molecule has 0 aliphatic heterocycles. The lowest BCUT2D eigenvalue weighted by molar-refractivity contribution is -0.116. The van der Waals surface area contributed by atoms with Crippen molar-refractivity contribution in [2.24, 2.45) is 7.05 Å². The Balaban J connectivity index is 1.99. The van der Waals surface area contributed by atoms with Gasteiger partial charge in [0.05, 0.1) is 23.9 Å². The lowest BCUT2D eigenvalue weighted by Crippen LogP contribution is -2.28. The van der Waals surface area contributed by atoms with Gasteiger partial charge in [-0.05, 0) is 30.7 Å². The average molecular weight is 339 g/mol. The molecule has 0 saturated heterocycles. The van der Waals surface area contributed by atoms with Crippen LogP contribution in [0, 0.1) is 0 Å². The van der Waals surface area contributed by atoms with Crippen LogP contribution in [0.15, 0.2) is 36.5 Å². The Morgan fingerprint density at radius 2 is 2.08 bits per heavy atom. The Hall–Kier alpha value is -2.93. The fourth-order valence-electron chi connectivity index (χ4n) is 2.82. The van der Waals surface area contributed by atoms with E-state index in [9.17, 15) is 9.90 Å². The lowest BCUT2D eigenvalue weighted by atomic mass is 10.1. The van der Waals surface area contributed by atoms with Gasteiger partial charge >= 0.3 is 0 Å². The van der Waals surface area contributed by atoms with Crippen molar-refractivity contribution in [2.75, 3.05) is 10.6 Å². The van der Waals surface area contributed by atoms with E-state index in [4.69, 9.17) is 5.73 Å². The molecule has 130 valence electrons. The molecule has 3 aromatic rings. The van der Waals surface area contributed by atoms with E-state index in [-0.39, 0.29) is 5.91 Å². The van der Waals surface area contributed by atoms with Gasteiger partial charge in [0.25, 0.3) is 0 Å². The van der Waals surface area contributed by atoms with Crippen LogP contribution in [-0.4, -0.2) is 25.8 Å². The predicted octanol–water partition coefficient (Wildman–Crippen LogP) is 2.16. The molecular weight excluding hydrogens is 318 g/mol. The van der Waals surface area contributed by atoms with Crippen molar-refractivity contribution in [1.82, 2.24) is 14.8 Å². The van der Waals surface area contributed by atoms with Crippen molar-refractivity contribution in [3.63, 3.8) is 0 Å². The molecule has 3 N–H and O–H groups in total. The van der Waals surface area contributed by atoms with E-state index in [2.05, 4.69) is 10.1 Å². The first-order valence-electron chi connectivity index (χ1n) is 8.00. The van der Waals surface area contributed by atoms with E-state index in [1.165, 1.54) is 6.92 Å². The number of aromatic nitrogens is 3. The minimum atomic E-state index is -0.767. The van der Waals surface area contributed by atoms with Crippen LogP contribution in [0.5, 0.6) is 0 Å². The van der Waals surface area contributed by atoms with Crippen LogP contribution in [0.25, 0.3) is 10.9 Å². The van der Waals surface area contributed by atoms with Crippen LogP contribution in [0.2, 0.25) is 0 Å². The normalized spacial score (nSPS) is 12.3. The molecule has 0 aliphatic carbocycles. The molecule has 0 spiro atoms. The van der Waals surface area contributed by atoms with Crippen LogP contribution in [0.1, 0.15) is 31.2 Å². The minimum Gasteiger partial charge on any atom is -0.387 e. The summed E-state index contributed by atoms with van der Waals surface area (Å²) in [5.74, 6) is 0.326. The van der Waals surface area contributed by atoms with Gasteiger partial charge in [-0.1, -0.05) is 12.1 Å². The van der Waals surface area contributed by atoms with E-state index in [1.807, 2.05) is 24.3 Å². The van der Waals surface area contributed by atoms with Gasteiger partial charge < -0.3 is 15.7 Å². The quantitative estimate of drug-likeness (QED) is 0.759. The van der Waals surface area contributed by atoms with Crippen molar-refractivity contribution in [2.45, 2.75) is 26.5 Å². The van der Waals surface area contributed by atoms with Crippen LogP contribution < -0.4 is 10.6 Å². The molecule has 0 radical (unpaired) electrons. The summed E-state index contributed by atoms with van der Waals surface area (Å²) in [7, 11) is 1.76. The summed E-state index contributed by atoms with van der Waals surface area (Å²) in [6.07, 6.45) is 0.969. The Bertz CT molecular complexity index is 932. The van der Waals surface area contributed by atoms with Gasteiger partial charge in [0.1, 0.15) is 11.5 Å². The zero-order chi connectivity index (χ0) is 18.1. The maximum absolute atomic E-state index is 12.2. The zero-order valence-electron chi connectivity index (χ0n) is 14.5. The van der Waals surface area contributed by atoms with Crippen LogP contribution >= 0.6 is 0 Å². The second-order valence-corrected chi connectivity index (χ2v) is 6.12. The molecule has 1 aromatic carbocycles. The predicted molar refractivity (Wildman–Crippen MR) is 96.9 cm³/mol. The first-order valence-corrected chi connectivity index (χ1v) is 8.00. The smallest absolute Gasteiger partial charge is 0.224 e. The number of nitrogens with zero attached hydrogens (tertiary/aromatic N) is 4. The lowest BCUT2D eigenvalue weighted by Gasteiger charge is -2.21. The summed E-state index contributed by atoms with van der Waals surface area (Å²) < 4.78 is 1.59. The first kappa shape index (κ1) is 16.9. The summed E-state index contributed by atoms with van der Waals surface area (Å²) in [6.45, 7) is 3.48. The van der Waals surface area contributed by atoms with Gasteiger partial charge in [0, 0.05) is 25.6 Å². The molecule has 1 amide bonds. The number of fused-ring (bicyclic) bond motifs is 1. The Morgan fingerprint density at radius 3 is 2.76 bits per heavy atom. The summed E-state index contributed by atoms with van der Waals surface area (Å²) in [4.78, 5) is 18.2. The summed E-state index contributed by atoms with van der Waals surface area (Å²) in [5, 5.41) is 15.2. The van der Waals surface area contributed by atoms with E-state index in [0.717, 1.165) is 16.5 Å². The standard InChI is InChI=1S/C18H21N5O2/c1-11(24)18-16(10-22(3)21-18)23(12(2)25)9-13-4-5-14-6-7-17(19)20-15(14)8-13/h4-8,10-11,24H,9H2,1-3H3,(H2,19,20). The highest BCUT2D eigenvalue weighted by Gasteiger charge is 2.21. The van der Waals surface area contributed by atoms with E-state index < -0.39 is 6.10 Å². The van der Waals surface area contributed by atoms with Crippen molar-refractivity contribution in [1.29, 1.82) is 0 Å². The molecule has 2 heterocycles. The largest absolute Gasteiger partial charge is 0.387 e. The van der Waals surface area contributed by atoms with E-state index in [1.54, 1.807) is 35.8 Å². The number of aliphatic hydroxyl groups is 1. The minimum absolute atomic E-state index is 0.129. The third kappa shape index (κ3) is 3.46. The maximum atomic E-state index is 12.2. The molecule has 3 rings (SSSR count). The van der Waals surface area contributed by atoms with Crippen LogP contribution in [-0.2, 0) is 18.4 Å². The number of aliphatic hydroxyl groups excluding tert-OH is 1. The number of nitrogen functional groups attached to an aromatic ring is 1. The number of amides is 1. The number of carbonyl (C=O) groups is 1. The number of rotatable bonds is 4. The topological polar surface area (TPSA) is 97.3 Å². The molecule has 7 nitrogen and oxygen atoms in total. The fourth-order valence-corrected chi connectivity index (χ4v) is 2.82. The fraction of sp³-hybridized carbons (Fsp3) is 0.278. The highest BCUT2D eigenvalue weighted by atomic mass is 16.3. The third-order valence-corrected chi connectivity index (χ3v) is 4.02. The van der Waals surface area contributed by atoms with Gasteiger partial charge in [-0.15, -0.1) is 0 Å². The molecule has 25 heavy (non-hydrogen) atoms. The molecule has 0 aliphatic rings. The number of nitrogens with two attached hydrogens (primary N) is 1. The average Bonchev–Trinajstić information content (AvgIpc) is 2.93. The Morgan fingerprint density at radius 1 is 1.36 bits per heavy atom. The Kier molecular flexibility index (Phi) is 4.41. The molecule has 0 saturated carbocycles. The highest BCUT2D eigenvalue weighted by molar-refractivity contribution is 5.92. The van der Waals surface area contributed by atoms with Crippen molar-refractivity contribution < 1.29 is 9.90 Å². The highest BCUT2D eigenvalue weighted by Crippen LogP contribution is 2.27. The number of hydrogen-bond acceptors (Lipinski definition) is 5. The SMILES string of the molecule is CC(=O)N(Cc1ccc2ccc(N)nc2c1)c1cn(C)nc1C(C)O. The molecule has 2 aromatic heterocycles. The zero-order valence-corrected chi connectivity index (χ0v) is 14.5. The molecule has 0 fully saturated rings. The number of hydrogen-bond donors (Lipinski definition) is 2. The van der Waals surface area contributed by atoms with Gasteiger partial charge in [0.15, 0.2) is 0 Å². The maximum Gasteiger partial charge on any atom is 0.224 e. The molecule has 7 heteroatoms. The summed E-state index contributed by atoms with van der Waals surface area (Å²) in [5.41, 5.74) is 8.53. The van der Waals surface area contributed by atoms with E-state index in [0.29, 0.717) is 23.7 Å². The van der Waals surface area contributed by atoms with Crippen molar-refractivity contribution >= 4 is 28.3 Å². The van der Waals surface area contributed by atoms with Crippen molar-refractivity contribution in [3.05, 3.63) is 47.8 Å². The number of pyridine rings is 1. The second kappa shape index (κ2) is 6.52. The number of benzene rings is 1. The van der Waals surface area contributed by atoms with Crippen molar-refractivity contribution in [3.8, 4) is 0 Å². The molecule has 1 atom stereocenters. The summed E-state index contributed by atoms with van der Waals surface area (Å²) >= 11 is 0. The monoisotopic (exact) mass is 339 g/mol. The van der Waals surface area contributed by atoms with Crippen LogP contribution in [0.4, 0.5) is 11.5 Å². The molecular formula is C18H21N5O2. The number of anilines is 2. The number of carbonyl (C=O) groups excluding carboxylic acids is 1. The summed E-state index contributed by atoms with van der Waals surface area (Å²) in [6, 6.07) is 9.49. The Labute approximate surface area is 145 Å². The van der Waals surface area contributed by atoms with Crippen LogP contribution in [0.3, 0.4) is 0 Å². The van der Waals surface area contributed by atoms with Gasteiger partial charge in [0.2, 0.25) is 5.91 Å². The number of aryl methyl sites for hydroxylation is 1. The van der Waals surface area contributed by atoms with Gasteiger partial charge in [-0.2, -0.15) is 5.10 Å². The van der Waals surface area contributed by atoms with E-state index >= 15 is 0 Å². The molecule has 1 unspecified atom stereocenters. The van der Waals surface area contributed by atoms with Gasteiger partial charge in [-0.3, -0.25) is 9.48 Å². The second-order valence-electron chi connectivity index (χ2n) is 6.12. The molecule has 0 bridgehead atoms.